The Hall–Kier alpha value is -2.34. The van der Waals surface area contributed by atoms with Gasteiger partial charge in [-0.05, 0) is 32.0 Å². The van der Waals surface area contributed by atoms with Gasteiger partial charge in [0.25, 0.3) is 0 Å². The van der Waals surface area contributed by atoms with E-state index in [0.29, 0.717) is 5.95 Å². The second kappa shape index (κ2) is 5.97. The van der Waals surface area contributed by atoms with Crippen molar-refractivity contribution in [3.63, 3.8) is 0 Å². The Balaban J connectivity index is 2.00. The molecule has 0 aliphatic rings. The van der Waals surface area contributed by atoms with Crippen LogP contribution in [-0.4, -0.2) is 26.5 Å². The molecule has 0 aromatic carbocycles. The minimum absolute atomic E-state index is 0.644. The highest BCUT2D eigenvalue weighted by atomic mass is 32.1. The van der Waals surface area contributed by atoms with E-state index in [1.165, 1.54) is 0 Å². The summed E-state index contributed by atoms with van der Waals surface area (Å²) in [4.78, 5) is 18.6. The van der Waals surface area contributed by atoms with E-state index in [0.717, 1.165) is 33.4 Å². The van der Waals surface area contributed by atoms with Gasteiger partial charge in [0.05, 0.1) is 16.3 Å². The average molecular weight is 297 g/mol. The van der Waals surface area contributed by atoms with Crippen LogP contribution in [0.25, 0.3) is 21.1 Å². The average Bonchev–Trinajstić information content (AvgIpc) is 2.91. The first-order chi connectivity index (χ1) is 10.3. The van der Waals surface area contributed by atoms with Crippen LogP contribution < -0.4 is 5.32 Å². The highest BCUT2D eigenvalue weighted by molar-refractivity contribution is 7.18. The van der Waals surface area contributed by atoms with Gasteiger partial charge in [-0.25, -0.2) is 15.0 Å². The van der Waals surface area contributed by atoms with Crippen LogP contribution in [0.1, 0.15) is 12.6 Å². The molecule has 3 aromatic rings. The Morgan fingerprint density at radius 3 is 2.86 bits per heavy atom. The van der Waals surface area contributed by atoms with E-state index in [-0.39, 0.29) is 0 Å². The predicted octanol–water partition coefficient (Wildman–Crippen LogP) is 3.40. The first-order valence-corrected chi connectivity index (χ1v) is 7.54. The molecule has 0 aliphatic heterocycles. The van der Waals surface area contributed by atoms with Crippen molar-refractivity contribution in [1.82, 2.24) is 19.9 Å². The molecule has 6 heteroatoms. The van der Waals surface area contributed by atoms with Crippen LogP contribution >= 0.6 is 11.3 Å². The minimum atomic E-state index is 0.644. The van der Waals surface area contributed by atoms with Gasteiger partial charge in [0.15, 0.2) is 0 Å². The molecule has 5 nitrogen and oxygen atoms in total. The molecule has 3 aromatic heterocycles. The van der Waals surface area contributed by atoms with E-state index in [9.17, 15) is 0 Å². The topological polar surface area (TPSA) is 63.6 Å². The fraction of sp³-hybridized carbons (Fsp3) is 0.200. The standard InChI is InChI=1S/C15H15N5S/c1-3-17-15-18-8-6-12(20-15)13-10(2)19-14(21-13)11-5-4-7-16-9-11/h4-9H,3H2,1-2H3,(H,17,18,20). The SMILES string of the molecule is CCNc1nccc(-c2sc(-c3cccnc3)nc2C)n1. The number of anilines is 1. The Bertz CT molecular complexity index is 739. The lowest BCUT2D eigenvalue weighted by molar-refractivity contribution is 1.09. The number of hydrogen-bond acceptors (Lipinski definition) is 6. The first kappa shape index (κ1) is 13.6. The summed E-state index contributed by atoms with van der Waals surface area (Å²) in [6.07, 6.45) is 5.35. The van der Waals surface area contributed by atoms with Gasteiger partial charge in [0, 0.05) is 30.7 Å². The van der Waals surface area contributed by atoms with Crippen molar-refractivity contribution in [1.29, 1.82) is 0 Å². The van der Waals surface area contributed by atoms with Gasteiger partial charge in [-0.15, -0.1) is 11.3 Å². The maximum absolute atomic E-state index is 4.63. The summed E-state index contributed by atoms with van der Waals surface area (Å²) in [6.45, 7) is 4.82. The Morgan fingerprint density at radius 2 is 2.10 bits per heavy atom. The molecule has 0 spiro atoms. The van der Waals surface area contributed by atoms with Crippen molar-refractivity contribution >= 4 is 17.3 Å². The fourth-order valence-electron chi connectivity index (χ4n) is 1.98. The number of nitrogens with one attached hydrogen (secondary N) is 1. The number of aryl methyl sites for hydroxylation is 1. The second-order valence-electron chi connectivity index (χ2n) is 4.47. The number of rotatable bonds is 4. The quantitative estimate of drug-likeness (QED) is 0.799. The second-order valence-corrected chi connectivity index (χ2v) is 5.47. The highest BCUT2D eigenvalue weighted by Crippen LogP contribution is 2.33. The Kier molecular flexibility index (Phi) is 3.87. The molecule has 0 bridgehead atoms. The summed E-state index contributed by atoms with van der Waals surface area (Å²) >= 11 is 1.62. The summed E-state index contributed by atoms with van der Waals surface area (Å²) in [7, 11) is 0. The van der Waals surface area contributed by atoms with Crippen molar-refractivity contribution in [2.45, 2.75) is 13.8 Å². The third-order valence-electron chi connectivity index (χ3n) is 2.93. The fourth-order valence-corrected chi connectivity index (χ4v) is 3.00. The summed E-state index contributed by atoms with van der Waals surface area (Å²) in [5, 5.41) is 4.09. The lowest BCUT2D eigenvalue weighted by Crippen LogP contribution is -2.01. The van der Waals surface area contributed by atoms with Crippen molar-refractivity contribution in [3.05, 3.63) is 42.5 Å². The van der Waals surface area contributed by atoms with Gasteiger partial charge >= 0.3 is 0 Å². The lowest BCUT2D eigenvalue weighted by atomic mass is 10.3. The number of pyridine rings is 1. The van der Waals surface area contributed by atoms with Crippen LogP contribution in [0.2, 0.25) is 0 Å². The molecule has 0 saturated carbocycles. The van der Waals surface area contributed by atoms with Crippen LogP contribution in [0.3, 0.4) is 0 Å². The molecule has 106 valence electrons. The zero-order chi connectivity index (χ0) is 14.7. The molecular formula is C15H15N5S. The molecule has 0 saturated heterocycles. The monoisotopic (exact) mass is 297 g/mol. The zero-order valence-electron chi connectivity index (χ0n) is 11.9. The number of hydrogen-bond donors (Lipinski definition) is 1. The zero-order valence-corrected chi connectivity index (χ0v) is 12.7. The van der Waals surface area contributed by atoms with Gasteiger partial charge in [0.1, 0.15) is 5.01 Å². The van der Waals surface area contributed by atoms with Crippen LogP contribution in [0.4, 0.5) is 5.95 Å². The summed E-state index contributed by atoms with van der Waals surface area (Å²) in [5.74, 6) is 0.644. The van der Waals surface area contributed by atoms with Crippen molar-refractivity contribution in [2.75, 3.05) is 11.9 Å². The van der Waals surface area contributed by atoms with Crippen molar-refractivity contribution in [2.24, 2.45) is 0 Å². The number of thiazole rings is 1. The molecule has 0 unspecified atom stereocenters. The van der Waals surface area contributed by atoms with Crippen LogP contribution in [0, 0.1) is 6.92 Å². The van der Waals surface area contributed by atoms with Crippen LogP contribution in [0.5, 0.6) is 0 Å². The van der Waals surface area contributed by atoms with Crippen molar-refractivity contribution in [3.8, 4) is 21.1 Å². The number of aromatic nitrogens is 4. The molecule has 0 amide bonds. The van der Waals surface area contributed by atoms with Gasteiger partial charge in [-0.2, -0.15) is 0 Å². The van der Waals surface area contributed by atoms with E-state index in [2.05, 4.69) is 25.3 Å². The summed E-state index contributed by atoms with van der Waals surface area (Å²) in [5.41, 5.74) is 2.89. The third kappa shape index (κ3) is 2.90. The molecular weight excluding hydrogens is 282 g/mol. The lowest BCUT2D eigenvalue weighted by Gasteiger charge is -2.02. The summed E-state index contributed by atoms with van der Waals surface area (Å²) < 4.78 is 0. The van der Waals surface area contributed by atoms with E-state index in [1.54, 1.807) is 23.7 Å². The Labute approximate surface area is 127 Å². The largest absolute Gasteiger partial charge is 0.354 e. The summed E-state index contributed by atoms with van der Waals surface area (Å²) in [6, 6.07) is 5.84. The maximum atomic E-state index is 4.63. The number of nitrogens with zero attached hydrogens (tertiary/aromatic N) is 4. The van der Waals surface area contributed by atoms with Gasteiger partial charge in [-0.3, -0.25) is 4.98 Å². The smallest absolute Gasteiger partial charge is 0.223 e. The van der Waals surface area contributed by atoms with Crippen LogP contribution in [-0.2, 0) is 0 Å². The van der Waals surface area contributed by atoms with E-state index in [4.69, 9.17) is 0 Å². The molecule has 21 heavy (non-hydrogen) atoms. The van der Waals surface area contributed by atoms with E-state index in [1.807, 2.05) is 38.2 Å². The maximum Gasteiger partial charge on any atom is 0.223 e. The van der Waals surface area contributed by atoms with Crippen molar-refractivity contribution < 1.29 is 0 Å². The molecule has 3 rings (SSSR count). The Morgan fingerprint density at radius 1 is 1.19 bits per heavy atom. The van der Waals surface area contributed by atoms with Gasteiger partial charge in [-0.1, -0.05) is 0 Å². The third-order valence-corrected chi connectivity index (χ3v) is 4.16. The molecule has 3 heterocycles. The van der Waals surface area contributed by atoms with Gasteiger partial charge in [0.2, 0.25) is 5.95 Å². The highest BCUT2D eigenvalue weighted by Gasteiger charge is 2.13. The first-order valence-electron chi connectivity index (χ1n) is 6.73. The predicted molar refractivity (Wildman–Crippen MR) is 85.3 cm³/mol. The molecule has 0 fully saturated rings. The molecule has 1 N–H and O–H groups in total. The van der Waals surface area contributed by atoms with Gasteiger partial charge < -0.3 is 5.32 Å². The molecule has 0 atom stereocenters. The molecule has 0 aliphatic carbocycles. The van der Waals surface area contributed by atoms with Crippen LogP contribution in [0.15, 0.2) is 36.8 Å². The minimum Gasteiger partial charge on any atom is -0.354 e. The van der Waals surface area contributed by atoms with E-state index >= 15 is 0 Å². The molecule has 0 radical (unpaired) electrons. The normalized spacial score (nSPS) is 10.6. The van der Waals surface area contributed by atoms with E-state index < -0.39 is 0 Å².